The fourth-order valence-electron chi connectivity index (χ4n) is 6.11. The average molecular weight is 505 g/mol. The number of piperidine rings is 1. The van der Waals surface area contributed by atoms with Crippen molar-refractivity contribution in [1.82, 2.24) is 25.1 Å². The minimum atomic E-state index is -4.76. The first-order chi connectivity index (χ1) is 17.0. The first-order valence-electron chi connectivity index (χ1n) is 12.3. The topological polar surface area (TPSA) is 102 Å². The van der Waals surface area contributed by atoms with Gasteiger partial charge in [-0.15, -0.1) is 0 Å². The molecule has 11 heteroatoms. The lowest BCUT2D eigenvalue weighted by Gasteiger charge is -2.18. The smallest absolute Gasteiger partial charge is 0.395 e. The number of alkyl halides is 3. The van der Waals surface area contributed by atoms with Crippen LogP contribution in [0.3, 0.4) is 0 Å². The fraction of sp³-hybridized carbons (Fsp3) is 0.560. The highest BCUT2D eigenvalue weighted by Crippen LogP contribution is 2.60. The molecule has 0 aromatic carbocycles. The second kappa shape index (κ2) is 7.85. The molecule has 1 aliphatic heterocycles. The molecule has 0 radical (unpaired) electrons. The second-order valence-corrected chi connectivity index (χ2v) is 10.6. The molecule has 36 heavy (non-hydrogen) atoms. The normalized spacial score (nSPS) is 25.7. The number of nitrogens with one attached hydrogen (secondary N) is 1. The van der Waals surface area contributed by atoms with Gasteiger partial charge in [0.15, 0.2) is 5.82 Å². The van der Waals surface area contributed by atoms with Crippen LogP contribution in [-0.2, 0) is 6.18 Å². The molecular formula is C25H28F4N6O. The van der Waals surface area contributed by atoms with Gasteiger partial charge in [0, 0.05) is 22.9 Å². The molecule has 6 rings (SSSR count). The molecule has 0 amide bonds. The molecule has 0 spiro atoms. The van der Waals surface area contributed by atoms with Crippen molar-refractivity contribution in [3.8, 4) is 11.3 Å². The summed E-state index contributed by atoms with van der Waals surface area (Å²) in [6, 6.07) is 1.01. The maximum atomic E-state index is 16.4. The van der Waals surface area contributed by atoms with E-state index in [-0.39, 0.29) is 65.1 Å². The number of nitrogens with two attached hydrogens (primary N) is 1. The van der Waals surface area contributed by atoms with Crippen molar-refractivity contribution in [3.63, 3.8) is 0 Å². The number of aryl methyl sites for hydroxylation is 1. The van der Waals surface area contributed by atoms with E-state index in [0.717, 1.165) is 31.1 Å². The summed E-state index contributed by atoms with van der Waals surface area (Å²) in [6.07, 6.45) is -3.10. The van der Waals surface area contributed by atoms with E-state index in [0.29, 0.717) is 11.1 Å². The van der Waals surface area contributed by atoms with Crippen molar-refractivity contribution < 1.29 is 22.7 Å². The van der Waals surface area contributed by atoms with Gasteiger partial charge in [0.1, 0.15) is 17.0 Å². The van der Waals surface area contributed by atoms with E-state index in [9.17, 15) is 18.3 Å². The number of aliphatic hydroxyl groups is 1. The van der Waals surface area contributed by atoms with Crippen LogP contribution in [0, 0.1) is 24.6 Å². The highest BCUT2D eigenvalue weighted by Gasteiger charge is 2.60. The maximum absolute atomic E-state index is 16.4. The van der Waals surface area contributed by atoms with Gasteiger partial charge in [-0.1, -0.05) is 13.8 Å². The molecule has 2 aliphatic carbocycles. The van der Waals surface area contributed by atoms with Gasteiger partial charge in [0.05, 0.1) is 35.3 Å². The van der Waals surface area contributed by atoms with Gasteiger partial charge in [-0.05, 0) is 50.1 Å². The van der Waals surface area contributed by atoms with Crippen molar-refractivity contribution >= 4 is 16.7 Å². The van der Waals surface area contributed by atoms with Gasteiger partial charge in [-0.2, -0.15) is 18.3 Å². The Bertz CT molecular complexity index is 1380. The minimum Gasteiger partial charge on any atom is -0.395 e. The number of aromatic nitrogens is 4. The molecule has 3 aliphatic rings. The van der Waals surface area contributed by atoms with Gasteiger partial charge >= 0.3 is 6.18 Å². The number of nitrogen functional groups attached to an aromatic ring is 1. The Kier molecular flexibility index (Phi) is 5.15. The van der Waals surface area contributed by atoms with E-state index < -0.39 is 23.1 Å². The van der Waals surface area contributed by atoms with Gasteiger partial charge in [-0.25, -0.2) is 14.4 Å². The number of halogens is 4. The predicted molar refractivity (Wildman–Crippen MR) is 126 cm³/mol. The van der Waals surface area contributed by atoms with Gasteiger partial charge in [0.25, 0.3) is 0 Å². The zero-order chi connectivity index (χ0) is 25.7. The van der Waals surface area contributed by atoms with Crippen molar-refractivity contribution in [2.24, 2.45) is 11.8 Å². The van der Waals surface area contributed by atoms with Crippen LogP contribution in [0.15, 0.2) is 6.07 Å². The largest absolute Gasteiger partial charge is 0.418 e. The number of pyridine rings is 2. The van der Waals surface area contributed by atoms with Crippen molar-refractivity contribution in [2.75, 3.05) is 18.9 Å². The molecule has 3 fully saturated rings. The van der Waals surface area contributed by atoms with Crippen molar-refractivity contribution in [1.29, 1.82) is 0 Å². The van der Waals surface area contributed by atoms with E-state index in [1.807, 2.05) is 13.8 Å². The van der Waals surface area contributed by atoms with Crippen LogP contribution in [0.25, 0.3) is 22.2 Å². The van der Waals surface area contributed by atoms with E-state index >= 15 is 4.39 Å². The van der Waals surface area contributed by atoms with Crippen LogP contribution < -0.4 is 11.1 Å². The number of hydrogen-bond donors (Lipinski definition) is 3. The van der Waals surface area contributed by atoms with E-state index in [4.69, 9.17) is 10.8 Å². The second-order valence-electron chi connectivity index (χ2n) is 10.6. The molecule has 3 aromatic heterocycles. The first kappa shape index (κ1) is 23.6. The third-order valence-electron chi connectivity index (χ3n) is 7.86. The van der Waals surface area contributed by atoms with Crippen LogP contribution in [0.4, 0.5) is 23.4 Å². The van der Waals surface area contributed by atoms with Crippen LogP contribution in [-0.4, -0.2) is 44.0 Å². The fourth-order valence-corrected chi connectivity index (χ4v) is 6.11. The van der Waals surface area contributed by atoms with Crippen LogP contribution in [0.2, 0.25) is 0 Å². The summed E-state index contributed by atoms with van der Waals surface area (Å²) in [6.45, 7) is 5.75. The number of aliphatic hydroxyl groups excluding tert-OH is 1. The molecule has 3 aromatic rings. The number of nitrogens with zero attached hydrogens (tertiary/aromatic N) is 4. The molecule has 7 nitrogen and oxygen atoms in total. The van der Waals surface area contributed by atoms with Gasteiger partial charge in [0.2, 0.25) is 0 Å². The lowest BCUT2D eigenvalue weighted by Crippen LogP contribution is -2.31. The SMILES string of the molecule is Cc1nc(N)cc(-c2nc(C(C)C)c3c(C4[C@H]5[C@H](CO)NC[C@@H]45)nn(C4CC4)c3c2F)c1C(F)(F)F. The monoisotopic (exact) mass is 504 g/mol. The van der Waals surface area contributed by atoms with Crippen molar-refractivity contribution in [2.45, 2.75) is 63.7 Å². The standard InChI is InChI=1S/C25H28F4N6O/c1-9(2)21-18-23(17-13-7-31-14(8-36)16(13)17)34-35(11-4-5-11)24(18)20(26)22(33-21)12-6-15(30)32-10(3)19(12)25(27,28)29/h6,9,11,13-14,16-17,31,36H,4-5,7-8H2,1-3H3,(H2,30,32)/t13-,14+,16-,17?/m1/s1. The minimum absolute atomic E-state index is 0.00250. The zero-order valence-electron chi connectivity index (χ0n) is 20.2. The summed E-state index contributed by atoms with van der Waals surface area (Å²) in [4.78, 5) is 8.33. The molecular weight excluding hydrogens is 476 g/mol. The summed E-state index contributed by atoms with van der Waals surface area (Å²) >= 11 is 0. The van der Waals surface area contributed by atoms with Crippen molar-refractivity contribution in [3.05, 3.63) is 34.5 Å². The molecule has 0 bridgehead atoms. The quantitative estimate of drug-likeness (QED) is 0.448. The molecule has 4 heterocycles. The Morgan fingerprint density at radius 1 is 1.25 bits per heavy atom. The van der Waals surface area contributed by atoms with Gasteiger partial charge in [-0.3, -0.25) is 4.68 Å². The maximum Gasteiger partial charge on any atom is 0.418 e. The number of anilines is 1. The summed E-state index contributed by atoms with van der Waals surface area (Å²) in [7, 11) is 0. The molecule has 1 unspecified atom stereocenters. The molecule has 1 saturated heterocycles. The zero-order valence-corrected chi connectivity index (χ0v) is 20.2. The van der Waals surface area contributed by atoms with Crippen LogP contribution in [0.1, 0.15) is 67.2 Å². The molecule has 4 N–H and O–H groups in total. The Morgan fingerprint density at radius 2 is 1.97 bits per heavy atom. The summed E-state index contributed by atoms with van der Waals surface area (Å²) in [5.41, 5.74) is 5.13. The molecule has 2 saturated carbocycles. The third kappa shape index (κ3) is 3.42. The molecule has 192 valence electrons. The molecule has 4 atom stereocenters. The highest BCUT2D eigenvalue weighted by atomic mass is 19.4. The Labute approximate surface area is 205 Å². The summed E-state index contributed by atoms with van der Waals surface area (Å²) < 4.78 is 60.3. The summed E-state index contributed by atoms with van der Waals surface area (Å²) in [5.74, 6) is -0.605. The van der Waals surface area contributed by atoms with E-state index in [1.54, 1.807) is 4.68 Å². The van der Waals surface area contributed by atoms with Crippen LogP contribution in [0.5, 0.6) is 0 Å². The number of fused-ring (bicyclic) bond motifs is 2. The predicted octanol–water partition coefficient (Wildman–Crippen LogP) is 4.29. The number of rotatable bonds is 5. The van der Waals surface area contributed by atoms with Gasteiger partial charge < -0.3 is 16.2 Å². The number of hydrogen-bond acceptors (Lipinski definition) is 6. The average Bonchev–Trinajstić information content (AvgIpc) is 3.68. The van der Waals surface area contributed by atoms with Crippen LogP contribution >= 0.6 is 0 Å². The summed E-state index contributed by atoms with van der Waals surface area (Å²) in [5, 5.41) is 18.5. The lowest BCUT2D eigenvalue weighted by molar-refractivity contribution is -0.137. The Balaban J connectivity index is 1.64. The Morgan fingerprint density at radius 3 is 2.58 bits per heavy atom. The van der Waals surface area contributed by atoms with E-state index in [2.05, 4.69) is 15.3 Å². The van der Waals surface area contributed by atoms with E-state index in [1.165, 1.54) is 6.92 Å². The Hall–Kier alpha value is -2.79. The highest BCUT2D eigenvalue weighted by molar-refractivity contribution is 5.90. The lowest BCUT2D eigenvalue weighted by atomic mass is 9.96. The first-order valence-corrected chi connectivity index (χ1v) is 12.3. The third-order valence-corrected chi connectivity index (χ3v) is 7.86.